The van der Waals surface area contributed by atoms with E-state index in [4.69, 9.17) is 15.1 Å². The Hall–Kier alpha value is -4.98. The summed E-state index contributed by atoms with van der Waals surface area (Å²) in [6.45, 7) is 0. The van der Waals surface area contributed by atoms with Crippen LogP contribution in [-0.4, -0.2) is 42.8 Å². The van der Waals surface area contributed by atoms with Crippen molar-refractivity contribution in [3.05, 3.63) is 93.8 Å². The Balaban J connectivity index is 0.000000146. The molecule has 4 aliphatic rings. The van der Waals surface area contributed by atoms with Gasteiger partial charge in [0.25, 0.3) is 26.3 Å². The number of nitrogens with one attached hydrogen (secondary N) is 2. The van der Waals surface area contributed by atoms with E-state index in [0.29, 0.717) is 0 Å². The molecule has 4 N–H and O–H groups in total. The largest absolute Gasteiger partial charge is 0.387 e. The SMILES string of the molecule is N#COc1c2c(cc3c1CCC3)CCC2.NS(=O)(=O)c1cnccn1.O=C(Nc1c2c(cc3c1CCC3)CCC2)NS(=O)(=O)c1cnccn1. The molecule has 0 unspecified atom stereocenters. The summed E-state index contributed by atoms with van der Waals surface area (Å²) in [5.41, 5.74) is 11.1. The van der Waals surface area contributed by atoms with Crippen molar-refractivity contribution >= 4 is 31.8 Å². The molecule has 50 heavy (non-hydrogen) atoms. The Morgan fingerprint density at radius 3 is 1.58 bits per heavy atom. The van der Waals surface area contributed by atoms with E-state index in [1.807, 2.05) is 11.0 Å². The Kier molecular flexibility index (Phi) is 10.4. The predicted octanol–water partition coefficient (Wildman–Crippen LogP) is 3.61. The number of ether oxygens (including phenoxy) is 1. The molecule has 0 fully saturated rings. The summed E-state index contributed by atoms with van der Waals surface area (Å²) in [5, 5.41) is 15.7. The smallest absolute Gasteiger partial charge is 0.333 e. The number of amides is 2. The molecule has 4 aromatic rings. The molecule has 2 aromatic heterocycles. The minimum Gasteiger partial charge on any atom is -0.387 e. The maximum Gasteiger partial charge on any atom is 0.333 e. The zero-order chi connectivity index (χ0) is 35.3. The standard InChI is InChI=1S/C17H18N4O3S.C13H13NO.C4H5N3O2S/c22-17(21-25(23,24)15-10-18-7-8-19-15)20-16-13-5-1-3-11(13)9-12-4-2-6-14(12)16;14-8-15-13-11-5-1-3-9(11)7-10-4-2-6-12(10)13;5-10(8,9)4-3-6-1-2-7-4/h7-10H,1-6H2,(H2,20,21,22);7H,1-6H2;1-3H,(H2,5,8,9). The maximum atomic E-state index is 12.4. The fraction of sp³-hybridized carbons (Fsp3) is 0.353. The normalized spacial score (nSPS) is 15.1. The van der Waals surface area contributed by atoms with E-state index >= 15 is 0 Å². The second-order valence-electron chi connectivity index (χ2n) is 12.3. The van der Waals surface area contributed by atoms with E-state index in [1.54, 1.807) is 0 Å². The number of rotatable bonds is 5. The number of hydrogen-bond acceptors (Lipinski definition) is 11. The number of nitriles is 1. The van der Waals surface area contributed by atoms with Crippen molar-refractivity contribution in [2.75, 3.05) is 5.32 Å². The number of anilines is 1. The van der Waals surface area contributed by atoms with Gasteiger partial charge >= 0.3 is 6.03 Å². The highest BCUT2D eigenvalue weighted by Crippen LogP contribution is 2.40. The first kappa shape index (κ1) is 34.9. The van der Waals surface area contributed by atoms with Gasteiger partial charge in [0, 0.05) is 30.5 Å². The van der Waals surface area contributed by atoms with Gasteiger partial charge < -0.3 is 10.1 Å². The number of urea groups is 1. The summed E-state index contributed by atoms with van der Waals surface area (Å²) in [6, 6.07) is 3.83. The van der Waals surface area contributed by atoms with Crippen LogP contribution in [0.1, 0.15) is 70.2 Å². The van der Waals surface area contributed by atoms with Gasteiger partial charge in [0.2, 0.25) is 0 Å². The molecule has 0 atom stereocenters. The van der Waals surface area contributed by atoms with Crippen LogP contribution in [0.3, 0.4) is 0 Å². The maximum absolute atomic E-state index is 12.4. The monoisotopic (exact) mass is 716 g/mol. The summed E-state index contributed by atoms with van der Waals surface area (Å²) in [5.74, 6) is 0.903. The molecule has 0 radical (unpaired) electrons. The zero-order valence-electron chi connectivity index (χ0n) is 27.2. The lowest BCUT2D eigenvalue weighted by molar-refractivity contribution is 0.256. The molecule has 16 heteroatoms. The zero-order valence-corrected chi connectivity index (χ0v) is 28.8. The second-order valence-corrected chi connectivity index (χ2v) is 15.4. The third-order valence-corrected chi connectivity index (χ3v) is 11.2. The highest BCUT2D eigenvalue weighted by Gasteiger charge is 2.27. The summed E-state index contributed by atoms with van der Waals surface area (Å²) in [6.07, 6.45) is 22.2. The van der Waals surface area contributed by atoms with Crippen LogP contribution in [0.25, 0.3) is 0 Å². The number of primary sulfonamides is 1. The fourth-order valence-electron chi connectivity index (χ4n) is 7.07. The molecule has 0 saturated heterocycles. The summed E-state index contributed by atoms with van der Waals surface area (Å²) < 4.78 is 52.7. The molecule has 0 saturated carbocycles. The lowest BCUT2D eigenvalue weighted by atomic mass is 9.99. The molecule has 2 amide bonds. The molecule has 0 aliphatic heterocycles. The van der Waals surface area contributed by atoms with Crippen LogP contribution in [0.15, 0.2) is 59.4 Å². The third-order valence-electron chi connectivity index (χ3n) is 9.15. The number of carbonyl (C=O) groups excluding carboxylic acids is 1. The summed E-state index contributed by atoms with van der Waals surface area (Å²) >= 11 is 0. The number of sulfonamides is 2. The summed E-state index contributed by atoms with van der Waals surface area (Å²) in [4.78, 5) is 26.8. The van der Waals surface area contributed by atoms with Gasteiger partial charge in [0.05, 0.1) is 12.4 Å². The molecule has 2 heterocycles. The van der Waals surface area contributed by atoms with Gasteiger partial charge in [0.15, 0.2) is 10.1 Å². The van der Waals surface area contributed by atoms with Gasteiger partial charge in [-0.15, -0.1) is 5.26 Å². The number of aryl methyl sites for hydroxylation is 4. The number of fused-ring (bicyclic) bond motifs is 4. The Morgan fingerprint density at radius 1 is 0.700 bits per heavy atom. The highest BCUT2D eigenvalue weighted by molar-refractivity contribution is 7.90. The second kappa shape index (κ2) is 14.9. The lowest BCUT2D eigenvalue weighted by Gasteiger charge is -2.16. The van der Waals surface area contributed by atoms with Gasteiger partial charge in [-0.2, -0.15) is 8.42 Å². The number of benzene rings is 2. The summed E-state index contributed by atoms with van der Waals surface area (Å²) in [7, 11) is -7.72. The topological polar surface area (TPSA) is 220 Å². The average molecular weight is 717 g/mol. The number of nitrogens with two attached hydrogens (primary N) is 1. The number of aromatic nitrogens is 4. The molecule has 260 valence electrons. The van der Waals surface area contributed by atoms with Crippen LogP contribution in [0, 0.1) is 11.5 Å². The van der Waals surface area contributed by atoms with Gasteiger partial charge in [-0.1, -0.05) is 12.1 Å². The van der Waals surface area contributed by atoms with Crippen LogP contribution in [0.2, 0.25) is 0 Å². The van der Waals surface area contributed by atoms with Crippen molar-refractivity contribution in [2.24, 2.45) is 5.14 Å². The van der Waals surface area contributed by atoms with Crippen molar-refractivity contribution < 1.29 is 26.4 Å². The molecule has 2 aromatic carbocycles. The highest BCUT2D eigenvalue weighted by atomic mass is 32.2. The molecule has 4 aliphatic carbocycles. The molecule has 14 nitrogen and oxygen atoms in total. The van der Waals surface area contributed by atoms with Crippen molar-refractivity contribution in [2.45, 2.75) is 87.1 Å². The minimum atomic E-state index is -4.04. The lowest BCUT2D eigenvalue weighted by Crippen LogP contribution is -2.35. The van der Waals surface area contributed by atoms with Crippen LogP contribution in [-0.2, 0) is 71.4 Å². The Morgan fingerprint density at radius 2 is 1.16 bits per heavy atom. The van der Waals surface area contributed by atoms with Gasteiger partial charge in [-0.25, -0.2) is 33.0 Å². The number of hydrogen-bond donors (Lipinski definition) is 3. The Labute approximate surface area is 290 Å². The first-order valence-electron chi connectivity index (χ1n) is 16.3. The van der Waals surface area contributed by atoms with Gasteiger partial charge in [-0.05, 0) is 122 Å². The Bertz CT molecular complexity index is 2110. The predicted molar refractivity (Wildman–Crippen MR) is 182 cm³/mol. The van der Waals surface area contributed by atoms with E-state index in [-0.39, 0.29) is 10.1 Å². The minimum absolute atomic E-state index is 0.213. The fourth-order valence-corrected chi connectivity index (χ4v) is 8.28. The van der Waals surface area contributed by atoms with E-state index in [1.165, 1.54) is 71.0 Å². The first-order valence-corrected chi connectivity index (χ1v) is 19.4. The van der Waals surface area contributed by atoms with Gasteiger partial charge in [0.1, 0.15) is 5.75 Å². The van der Waals surface area contributed by atoms with Gasteiger partial charge in [-0.3, -0.25) is 9.97 Å². The third kappa shape index (κ3) is 7.75. The van der Waals surface area contributed by atoms with Crippen LogP contribution in [0.5, 0.6) is 5.75 Å². The van der Waals surface area contributed by atoms with E-state index in [9.17, 15) is 21.6 Å². The van der Waals surface area contributed by atoms with E-state index in [0.717, 1.165) is 99.2 Å². The van der Waals surface area contributed by atoms with E-state index in [2.05, 4.69) is 37.4 Å². The van der Waals surface area contributed by atoms with Crippen molar-refractivity contribution in [1.82, 2.24) is 24.7 Å². The molecule has 0 spiro atoms. The quantitative estimate of drug-likeness (QED) is 0.253. The van der Waals surface area contributed by atoms with Crippen LogP contribution in [0.4, 0.5) is 10.5 Å². The van der Waals surface area contributed by atoms with Crippen molar-refractivity contribution in [3.8, 4) is 12.0 Å². The van der Waals surface area contributed by atoms with E-state index < -0.39 is 26.1 Å². The molecule has 0 bridgehead atoms. The van der Waals surface area contributed by atoms with Crippen molar-refractivity contribution in [3.63, 3.8) is 0 Å². The molecule has 8 rings (SSSR count). The van der Waals surface area contributed by atoms with Crippen molar-refractivity contribution in [1.29, 1.82) is 5.26 Å². The van der Waals surface area contributed by atoms with Crippen LogP contribution >= 0.6 is 0 Å². The first-order chi connectivity index (χ1) is 24.0. The van der Waals surface area contributed by atoms with Crippen LogP contribution < -0.4 is 19.9 Å². The molecular weight excluding hydrogens is 681 g/mol. The number of nitrogens with zero attached hydrogens (tertiary/aromatic N) is 5. The average Bonchev–Trinajstić information content (AvgIpc) is 3.93. The number of carbonyl (C=O) groups is 1. The molecular formula is C34H36N8O6S2.